The van der Waals surface area contributed by atoms with E-state index in [0.717, 1.165) is 15.6 Å². The van der Waals surface area contributed by atoms with Crippen LogP contribution in [-0.4, -0.2) is 27.1 Å². The van der Waals surface area contributed by atoms with Gasteiger partial charge in [-0.2, -0.15) is 0 Å². The average Bonchev–Trinajstić information content (AvgIpc) is 2.90. The van der Waals surface area contributed by atoms with E-state index in [4.69, 9.17) is 9.47 Å². The van der Waals surface area contributed by atoms with Gasteiger partial charge in [-0.3, -0.25) is 4.79 Å². The number of anilines is 1. The molecule has 2 aromatic rings. The fourth-order valence-corrected chi connectivity index (χ4v) is 3.52. The van der Waals surface area contributed by atoms with Crippen LogP contribution in [-0.2, 0) is 0 Å². The van der Waals surface area contributed by atoms with Gasteiger partial charge in [0, 0.05) is 24.1 Å². The van der Waals surface area contributed by atoms with Gasteiger partial charge in [-0.1, -0.05) is 23.9 Å². The molecule has 3 rings (SSSR count). The summed E-state index contributed by atoms with van der Waals surface area (Å²) < 4.78 is 10.5. The monoisotopic (exact) mass is 327 g/mol. The molecule has 0 aromatic heterocycles. The maximum atomic E-state index is 12.6. The highest BCUT2D eigenvalue weighted by Crippen LogP contribution is 2.44. The molecule has 0 saturated heterocycles. The number of hydrogen-bond acceptors (Lipinski definition) is 5. The number of ketones is 1. The number of ether oxygens (including phenoxy) is 2. The molecule has 1 aliphatic heterocycles. The molecule has 0 atom stereocenters. The Morgan fingerprint density at radius 2 is 1.91 bits per heavy atom. The Morgan fingerprint density at radius 1 is 1.13 bits per heavy atom. The second-order valence-electron chi connectivity index (χ2n) is 5.04. The normalized spacial score (nSPS) is 14.7. The Labute approximate surface area is 139 Å². The van der Waals surface area contributed by atoms with Crippen LogP contribution in [0.5, 0.6) is 11.5 Å². The number of para-hydroxylation sites is 1. The van der Waals surface area contributed by atoms with Crippen molar-refractivity contribution in [3.63, 3.8) is 0 Å². The summed E-state index contributed by atoms with van der Waals surface area (Å²) in [5, 5.41) is 0.897. The van der Waals surface area contributed by atoms with Gasteiger partial charge in [-0.05, 0) is 24.3 Å². The second kappa shape index (κ2) is 6.38. The number of hydrogen-bond donors (Lipinski definition) is 0. The van der Waals surface area contributed by atoms with E-state index in [0.29, 0.717) is 17.1 Å². The van der Waals surface area contributed by atoms with E-state index in [2.05, 4.69) is 6.07 Å². The van der Waals surface area contributed by atoms with Crippen molar-refractivity contribution in [3.8, 4) is 11.5 Å². The first-order valence-corrected chi connectivity index (χ1v) is 7.94. The molecule has 0 fully saturated rings. The molecule has 0 bridgehead atoms. The van der Waals surface area contributed by atoms with Gasteiger partial charge in [-0.15, -0.1) is 0 Å². The van der Waals surface area contributed by atoms with Crippen molar-refractivity contribution in [3.05, 3.63) is 59.1 Å². The number of nitrogens with zero attached hydrogens (tertiary/aromatic N) is 1. The molecule has 1 heterocycles. The van der Waals surface area contributed by atoms with Crippen molar-refractivity contribution < 1.29 is 14.3 Å². The Balaban J connectivity index is 1.91. The van der Waals surface area contributed by atoms with Crippen molar-refractivity contribution in [1.29, 1.82) is 0 Å². The fourth-order valence-electron chi connectivity index (χ4n) is 2.44. The van der Waals surface area contributed by atoms with Crippen molar-refractivity contribution in [2.75, 3.05) is 26.2 Å². The molecule has 0 radical (unpaired) electrons. The molecule has 23 heavy (non-hydrogen) atoms. The van der Waals surface area contributed by atoms with Gasteiger partial charge in [0.05, 0.1) is 30.5 Å². The zero-order chi connectivity index (χ0) is 16.4. The predicted octanol–water partition coefficient (Wildman–Crippen LogP) is 3.97. The smallest absolute Gasteiger partial charge is 0.192 e. The van der Waals surface area contributed by atoms with Gasteiger partial charge in [-0.25, -0.2) is 0 Å². The molecule has 0 N–H and O–H groups in total. The van der Waals surface area contributed by atoms with Crippen LogP contribution in [0.4, 0.5) is 5.69 Å². The lowest BCUT2D eigenvalue weighted by molar-refractivity contribution is 0.104. The number of fused-ring (bicyclic) bond motifs is 1. The van der Waals surface area contributed by atoms with Gasteiger partial charge < -0.3 is 14.4 Å². The molecule has 0 unspecified atom stereocenters. The van der Waals surface area contributed by atoms with E-state index in [9.17, 15) is 4.79 Å². The minimum atomic E-state index is -0.0911. The van der Waals surface area contributed by atoms with E-state index in [1.807, 2.05) is 30.1 Å². The number of rotatable bonds is 4. The molecule has 118 valence electrons. The number of carbonyl (C=O) groups excluding carboxylic acids is 1. The summed E-state index contributed by atoms with van der Waals surface area (Å²) in [5.41, 5.74) is 1.63. The number of allylic oxidation sites excluding steroid dienone is 1. The van der Waals surface area contributed by atoms with Crippen LogP contribution in [0.25, 0.3) is 0 Å². The minimum Gasteiger partial charge on any atom is -0.497 e. The lowest BCUT2D eigenvalue weighted by Crippen LogP contribution is -2.11. The third kappa shape index (κ3) is 2.92. The van der Waals surface area contributed by atoms with Crippen LogP contribution in [0, 0.1) is 0 Å². The highest BCUT2D eigenvalue weighted by molar-refractivity contribution is 8.03. The SMILES string of the molecule is COc1ccc(C(=O)C=C2Sc3ccccc3N2C)c(OC)c1. The number of thioether (sulfide) groups is 1. The molecule has 5 heteroatoms. The number of carbonyl (C=O) groups is 1. The van der Waals surface area contributed by atoms with Crippen LogP contribution in [0.3, 0.4) is 0 Å². The van der Waals surface area contributed by atoms with Gasteiger partial charge in [0.2, 0.25) is 0 Å². The lowest BCUT2D eigenvalue weighted by atomic mass is 10.1. The van der Waals surface area contributed by atoms with Crippen molar-refractivity contribution in [2.24, 2.45) is 0 Å². The quantitative estimate of drug-likeness (QED) is 0.627. The Bertz CT molecular complexity index is 786. The van der Waals surface area contributed by atoms with E-state index in [-0.39, 0.29) is 5.78 Å². The fraction of sp³-hybridized carbons (Fsp3) is 0.167. The largest absolute Gasteiger partial charge is 0.497 e. The number of benzene rings is 2. The highest BCUT2D eigenvalue weighted by Gasteiger charge is 2.23. The Morgan fingerprint density at radius 3 is 2.61 bits per heavy atom. The molecule has 0 spiro atoms. The first kappa shape index (κ1) is 15.5. The van der Waals surface area contributed by atoms with Crippen LogP contribution in [0.1, 0.15) is 10.4 Å². The summed E-state index contributed by atoms with van der Waals surface area (Å²) >= 11 is 1.59. The zero-order valence-electron chi connectivity index (χ0n) is 13.2. The van der Waals surface area contributed by atoms with Gasteiger partial charge in [0.25, 0.3) is 0 Å². The molecule has 0 saturated carbocycles. The average molecular weight is 327 g/mol. The first-order valence-electron chi connectivity index (χ1n) is 7.12. The maximum Gasteiger partial charge on any atom is 0.192 e. The molecular weight excluding hydrogens is 310 g/mol. The third-order valence-corrected chi connectivity index (χ3v) is 4.87. The zero-order valence-corrected chi connectivity index (χ0v) is 14.0. The van der Waals surface area contributed by atoms with Crippen LogP contribution >= 0.6 is 11.8 Å². The van der Waals surface area contributed by atoms with E-state index in [1.165, 1.54) is 0 Å². The Hall–Kier alpha value is -2.40. The van der Waals surface area contributed by atoms with Crippen LogP contribution in [0.15, 0.2) is 58.5 Å². The van der Waals surface area contributed by atoms with Gasteiger partial charge >= 0.3 is 0 Å². The van der Waals surface area contributed by atoms with Crippen molar-refractivity contribution in [2.45, 2.75) is 4.90 Å². The maximum absolute atomic E-state index is 12.6. The molecule has 1 aliphatic rings. The predicted molar refractivity (Wildman–Crippen MR) is 92.7 cm³/mol. The van der Waals surface area contributed by atoms with Crippen LogP contribution in [0.2, 0.25) is 0 Å². The van der Waals surface area contributed by atoms with E-state index < -0.39 is 0 Å². The summed E-state index contributed by atoms with van der Waals surface area (Å²) in [6, 6.07) is 13.3. The van der Waals surface area contributed by atoms with E-state index in [1.54, 1.807) is 50.3 Å². The Kier molecular flexibility index (Phi) is 4.30. The highest BCUT2D eigenvalue weighted by atomic mass is 32.2. The molecular formula is C18H17NO3S. The second-order valence-corrected chi connectivity index (χ2v) is 6.10. The third-order valence-electron chi connectivity index (χ3n) is 3.70. The molecule has 2 aromatic carbocycles. The van der Waals surface area contributed by atoms with Crippen LogP contribution < -0.4 is 14.4 Å². The molecule has 4 nitrogen and oxygen atoms in total. The summed E-state index contributed by atoms with van der Waals surface area (Å²) in [4.78, 5) is 15.8. The summed E-state index contributed by atoms with van der Waals surface area (Å²) in [6.07, 6.45) is 1.65. The summed E-state index contributed by atoms with van der Waals surface area (Å²) in [6.45, 7) is 0. The van der Waals surface area contributed by atoms with E-state index >= 15 is 0 Å². The standard InChI is InChI=1S/C18H17NO3S/c1-19-14-6-4-5-7-17(14)23-18(19)11-15(20)13-9-8-12(21-2)10-16(13)22-3/h4-11H,1-3H3. The number of methoxy groups -OCH3 is 2. The van der Waals surface area contributed by atoms with Gasteiger partial charge in [0.1, 0.15) is 11.5 Å². The van der Waals surface area contributed by atoms with Crippen molar-refractivity contribution in [1.82, 2.24) is 0 Å². The van der Waals surface area contributed by atoms with Crippen molar-refractivity contribution >= 4 is 23.2 Å². The molecule has 0 amide bonds. The summed E-state index contributed by atoms with van der Waals surface area (Å²) in [7, 11) is 5.09. The molecule has 0 aliphatic carbocycles. The van der Waals surface area contributed by atoms with Gasteiger partial charge in [0.15, 0.2) is 5.78 Å². The first-order chi connectivity index (χ1) is 11.1. The lowest BCUT2D eigenvalue weighted by Gasteiger charge is -2.13. The minimum absolute atomic E-state index is 0.0911. The summed E-state index contributed by atoms with van der Waals surface area (Å²) in [5.74, 6) is 1.08. The topological polar surface area (TPSA) is 38.8 Å².